The molecule has 3 aliphatic rings. The Morgan fingerprint density at radius 1 is 0.926 bits per heavy atom. The van der Waals surface area contributed by atoms with Crippen molar-refractivity contribution in [2.75, 3.05) is 58.4 Å². The number of ether oxygens (including phenoxy) is 3. The Kier molecular flexibility index (Phi) is 13.4. The van der Waals surface area contributed by atoms with E-state index in [4.69, 9.17) is 14.2 Å². The van der Waals surface area contributed by atoms with E-state index in [0.717, 1.165) is 29.8 Å². The van der Waals surface area contributed by atoms with Gasteiger partial charge in [-0.1, -0.05) is 48.5 Å². The fourth-order valence-corrected chi connectivity index (χ4v) is 9.68. The van der Waals surface area contributed by atoms with Crippen LogP contribution in [0, 0.1) is 24.1 Å². The number of rotatable bonds is 12. The van der Waals surface area contributed by atoms with Crippen LogP contribution in [-0.4, -0.2) is 101 Å². The van der Waals surface area contributed by atoms with Gasteiger partial charge in [-0.15, -0.1) is 0 Å². The van der Waals surface area contributed by atoms with E-state index in [9.17, 15) is 14.9 Å². The minimum Gasteiger partial charge on any atom is -0.492 e. The second-order valence-electron chi connectivity index (χ2n) is 17.7. The molecule has 1 fully saturated rings. The molecule has 0 spiro atoms. The standard InChI is InChI=1S/C54H54FN7O6/c1-34-24-36-10-8-9-11-39(36)33-62(34)54(65)46-27-42-32-61(48(63)28-38-14-15-44(29-47(38)55)68-23-20-60-18-21-67-22-19-60)17-16-37(42)26-45(46)51-50(41-25-40(30-56)53(66-4)57-31-41)49(35(2)59(51)3)52(64)58-43-12-6-5-7-13-43/h5-15,25-27,29,31,34H,16-24,28,32-33H2,1-4H3,(H,58,64)/t34-/m1/s1. The topological polar surface area (TPSA) is 142 Å². The van der Waals surface area contributed by atoms with Gasteiger partial charge in [0.25, 0.3) is 11.8 Å². The first kappa shape index (κ1) is 45.8. The molecule has 1 saturated heterocycles. The molecule has 14 heteroatoms. The maximum absolute atomic E-state index is 15.5. The van der Waals surface area contributed by atoms with Gasteiger partial charge in [0.2, 0.25) is 11.8 Å². The number of morpholine rings is 1. The molecule has 9 rings (SSSR count). The highest BCUT2D eigenvalue weighted by atomic mass is 19.1. The molecule has 0 saturated carbocycles. The van der Waals surface area contributed by atoms with Crippen LogP contribution in [0.2, 0.25) is 0 Å². The molecule has 13 nitrogen and oxygen atoms in total. The molecular formula is C54H54FN7O6. The number of halogens is 1. The second-order valence-corrected chi connectivity index (χ2v) is 17.7. The lowest BCUT2D eigenvalue weighted by molar-refractivity contribution is -0.131. The Labute approximate surface area is 395 Å². The first-order valence-corrected chi connectivity index (χ1v) is 23.0. The third-order valence-corrected chi connectivity index (χ3v) is 13.5. The maximum atomic E-state index is 15.5. The van der Waals surface area contributed by atoms with Crippen LogP contribution in [0.25, 0.3) is 22.4 Å². The molecular weight excluding hydrogens is 862 g/mol. The zero-order chi connectivity index (χ0) is 47.5. The smallest absolute Gasteiger partial charge is 0.258 e. The fourth-order valence-electron chi connectivity index (χ4n) is 9.68. The minimum absolute atomic E-state index is 0.135. The third-order valence-electron chi connectivity index (χ3n) is 13.5. The molecule has 6 aromatic rings. The van der Waals surface area contributed by atoms with Crippen LogP contribution in [-0.2, 0) is 48.9 Å². The number of pyridine rings is 1. The summed E-state index contributed by atoms with van der Waals surface area (Å²) in [5.74, 6) is -0.755. The fraction of sp³-hybridized carbons (Fsp3) is 0.315. The summed E-state index contributed by atoms with van der Waals surface area (Å²) in [7, 11) is 3.31. The minimum atomic E-state index is -0.506. The van der Waals surface area contributed by atoms with Crippen LogP contribution in [0.4, 0.5) is 10.1 Å². The molecule has 0 radical (unpaired) electrons. The molecule has 1 atom stereocenters. The average molecular weight is 916 g/mol. The quantitative estimate of drug-likeness (QED) is 0.130. The Morgan fingerprint density at radius 2 is 1.69 bits per heavy atom. The molecule has 3 amide bonds. The number of carbonyl (C=O) groups excluding carboxylic acids is 3. The van der Waals surface area contributed by atoms with E-state index in [1.807, 2.05) is 85.0 Å². The number of amides is 3. The summed E-state index contributed by atoms with van der Waals surface area (Å²) in [5, 5.41) is 13.3. The molecule has 68 heavy (non-hydrogen) atoms. The number of benzene rings is 4. The van der Waals surface area contributed by atoms with Gasteiger partial charge in [-0.3, -0.25) is 19.3 Å². The van der Waals surface area contributed by atoms with Gasteiger partial charge in [-0.05, 0) is 90.9 Å². The highest BCUT2D eigenvalue weighted by Gasteiger charge is 2.35. The van der Waals surface area contributed by atoms with Gasteiger partial charge in [0.05, 0.1) is 38.0 Å². The molecule has 0 unspecified atom stereocenters. The van der Waals surface area contributed by atoms with Crippen molar-refractivity contribution >= 4 is 23.4 Å². The van der Waals surface area contributed by atoms with E-state index in [-0.39, 0.29) is 53.7 Å². The average Bonchev–Trinajstić information content (AvgIpc) is 3.62. The van der Waals surface area contributed by atoms with Crippen LogP contribution in [0.15, 0.2) is 97.2 Å². The van der Waals surface area contributed by atoms with Crippen molar-refractivity contribution in [3.05, 3.63) is 153 Å². The Hall–Kier alpha value is -7.34. The number of hydrogen-bond donors (Lipinski definition) is 1. The summed E-state index contributed by atoms with van der Waals surface area (Å²) in [6, 6.07) is 29.6. The summed E-state index contributed by atoms with van der Waals surface area (Å²) in [4.78, 5) is 54.3. The van der Waals surface area contributed by atoms with Crippen molar-refractivity contribution in [2.45, 2.75) is 52.2 Å². The molecule has 4 aromatic carbocycles. The number of nitriles is 1. The van der Waals surface area contributed by atoms with Crippen LogP contribution in [0.1, 0.15) is 66.7 Å². The van der Waals surface area contributed by atoms with Crippen molar-refractivity contribution in [1.82, 2.24) is 24.3 Å². The number of nitrogens with one attached hydrogen (secondary N) is 1. The Balaban J connectivity index is 1.09. The highest BCUT2D eigenvalue weighted by molar-refractivity contribution is 6.13. The lowest BCUT2D eigenvalue weighted by Crippen LogP contribution is -2.43. The van der Waals surface area contributed by atoms with Gasteiger partial charge >= 0.3 is 0 Å². The van der Waals surface area contributed by atoms with E-state index in [0.29, 0.717) is 103 Å². The molecule has 5 heterocycles. The van der Waals surface area contributed by atoms with Crippen molar-refractivity contribution in [3.63, 3.8) is 0 Å². The molecule has 0 bridgehead atoms. The first-order chi connectivity index (χ1) is 33.0. The van der Waals surface area contributed by atoms with Gasteiger partial charge in [-0.25, -0.2) is 9.37 Å². The van der Waals surface area contributed by atoms with Crippen LogP contribution >= 0.6 is 0 Å². The SMILES string of the molecule is COc1ncc(-c2c(C(=O)Nc3ccccc3)c(C)n(C)c2-c2cc3c(cc2C(=O)N2Cc4ccccc4C[C@H]2C)CN(C(=O)Cc2ccc(OCCN4CCOCC4)cc2F)CC3)cc1C#N. The lowest BCUT2D eigenvalue weighted by Gasteiger charge is -2.36. The normalized spacial score (nSPS) is 15.8. The van der Waals surface area contributed by atoms with Crippen LogP contribution < -0.4 is 14.8 Å². The first-order valence-electron chi connectivity index (χ1n) is 23.0. The van der Waals surface area contributed by atoms with Crippen molar-refractivity contribution < 1.29 is 33.0 Å². The van der Waals surface area contributed by atoms with Crippen molar-refractivity contribution in [1.29, 1.82) is 5.26 Å². The van der Waals surface area contributed by atoms with Gasteiger partial charge in [-0.2, -0.15) is 5.26 Å². The van der Waals surface area contributed by atoms with Gasteiger partial charge in [0.1, 0.15) is 29.8 Å². The third kappa shape index (κ3) is 9.32. The van der Waals surface area contributed by atoms with Crippen LogP contribution in [0.5, 0.6) is 11.6 Å². The predicted molar refractivity (Wildman–Crippen MR) is 256 cm³/mol. The summed E-state index contributed by atoms with van der Waals surface area (Å²) in [6.45, 7) is 9.08. The number of carbonyl (C=O) groups is 3. The number of aromatic nitrogens is 2. The Bertz CT molecular complexity index is 2940. The summed E-state index contributed by atoms with van der Waals surface area (Å²) in [5.41, 5.74) is 8.64. The molecule has 0 aliphatic carbocycles. The summed E-state index contributed by atoms with van der Waals surface area (Å²) < 4.78 is 34.1. The summed E-state index contributed by atoms with van der Waals surface area (Å²) in [6.07, 6.45) is 2.59. The highest BCUT2D eigenvalue weighted by Crippen LogP contribution is 2.43. The second kappa shape index (κ2) is 19.9. The number of nitrogens with zero attached hydrogens (tertiary/aromatic N) is 6. The van der Waals surface area contributed by atoms with E-state index in [1.165, 1.54) is 18.7 Å². The maximum Gasteiger partial charge on any atom is 0.258 e. The zero-order valence-corrected chi connectivity index (χ0v) is 38.8. The number of hydrogen-bond acceptors (Lipinski definition) is 9. The lowest BCUT2D eigenvalue weighted by atomic mass is 9.87. The molecule has 1 N–H and O–H groups in total. The molecule has 348 valence electrons. The van der Waals surface area contributed by atoms with Crippen LogP contribution in [0.3, 0.4) is 0 Å². The largest absolute Gasteiger partial charge is 0.492 e. The number of anilines is 1. The van der Waals surface area contributed by atoms with E-state index in [2.05, 4.69) is 33.4 Å². The number of fused-ring (bicyclic) bond motifs is 2. The van der Waals surface area contributed by atoms with Gasteiger partial charge in [0.15, 0.2) is 0 Å². The number of methoxy groups -OCH3 is 1. The van der Waals surface area contributed by atoms with E-state index >= 15 is 9.18 Å². The van der Waals surface area contributed by atoms with Gasteiger partial charge in [0, 0.05) is 98.3 Å². The van der Waals surface area contributed by atoms with Crippen molar-refractivity contribution in [3.8, 4) is 40.1 Å². The van der Waals surface area contributed by atoms with E-state index < -0.39 is 5.82 Å². The zero-order valence-electron chi connectivity index (χ0n) is 38.8. The predicted octanol–water partition coefficient (Wildman–Crippen LogP) is 7.76. The van der Waals surface area contributed by atoms with Crippen molar-refractivity contribution in [2.24, 2.45) is 7.05 Å². The van der Waals surface area contributed by atoms with Gasteiger partial charge < -0.3 is 33.9 Å². The van der Waals surface area contributed by atoms with E-state index in [1.54, 1.807) is 29.3 Å². The molecule has 2 aromatic heterocycles. The Morgan fingerprint density at radius 3 is 2.44 bits per heavy atom. The molecule has 3 aliphatic heterocycles. The summed E-state index contributed by atoms with van der Waals surface area (Å²) >= 11 is 0. The monoisotopic (exact) mass is 915 g/mol. The number of para-hydroxylation sites is 1.